The Bertz CT molecular complexity index is 531. The highest BCUT2D eigenvalue weighted by Gasteiger charge is 2.35. The standard InChI is InChI=1S/C11H22N2O5S2/c14-10-11-3-1-4-13(9-11)20(17,18)12-5-2-7-19(15,16)8-6-12/h11,14H,1-10H2. The molecule has 0 bridgehead atoms. The van der Waals surface area contributed by atoms with Crippen LogP contribution >= 0.6 is 0 Å². The molecule has 1 atom stereocenters. The lowest BCUT2D eigenvalue weighted by Gasteiger charge is -2.34. The lowest BCUT2D eigenvalue weighted by atomic mass is 10.0. The fourth-order valence-electron chi connectivity index (χ4n) is 2.70. The van der Waals surface area contributed by atoms with Crippen LogP contribution in [-0.4, -0.2) is 74.8 Å². The van der Waals surface area contributed by atoms with Gasteiger partial charge in [-0.2, -0.15) is 17.0 Å². The molecule has 7 nitrogen and oxygen atoms in total. The summed E-state index contributed by atoms with van der Waals surface area (Å²) in [5.74, 6) is -0.0730. The molecule has 0 amide bonds. The Morgan fingerprint density at radius 2 is 1.75 bits per heavy atom. The van der Waals surface area contributed by atoms with E-state index in [-0.39, 0.29) is 37.1 Å². The second kappa shape index (κ2) is 6.27. The summed E-state index contributed by atoms with van der Waals surface area (Å²) in [6, 6.07) is 0. The molecule has 118 valence electrons. The average Bonchev–Trinajstić information content (AvgIpc) is 2.60. The molecule has 0 spiro atoms. The fourth-order valence-corrected chi connectivity index (χ4v) is 5.85. The molecule has 0 aromatic heterocycles. The Morgan fingerprint density at radius 3 is 2.45 bits per heavy atom. The van der Waals surface area contributed by atoms with E-state index in [1.807, 2.05) is 0 Å². The predicted octanol–water partition coefficient (Wildman–Crippen LogP) is -0.944. The number of hydrogen-bond acceptors (Lipinski definition) is 5. The SMILES string of the molecule is O=S1(=O)CCCN(S(=O)(=O)N2CCCC(CO)C2)CC1. The second-order valence-corrected chi connectivity index (χ2v) is 9.69. The quantitative estimate of drug-likeness (QED) is 0.722. The number of sulfone groups is 1. The summed E-state index contributed by atoms with van der Waals surface area (Å²) in [5, 5.41) is 9.18. The normalized spacial score (nSPS) is 29.9. The first-order valence-electron chi connectivity index (χ1n) is 6.92. The second-order valence-electron chi connectivity index (χ2n) is 5.46. The van der Waals surface area contributed by atoms with Crippen LogP contribution in [0.15, 0.2) is 0 Å². The van der Waals surface area contributed by atoms with Crippen molar-refractivity contribution in [1.82, 2.24) is 8.61 Å². The van der Waals surface area contributed by atoms with E-state index in [0.717, 1.165) is 12.8 Å². The summed E-state index contributed by atoms with van der Waals surface area (Å²) >= 11 is 0. The molecule has 9 heteroatoms. The number of aliphatic hydroxyl groups excluding tert-OH is 1. The first-order chi connectivity index (χ1) is 9.35. The zero-order valence-corrected chi connectivity index (χ0v) is 13.1. The van der Waals surface area contributed by atoms with Crippen molar-refractivity contribution in [3.05, 3.63) is 0 Å². The van der Waals surface area contributed by atoms with Crippen molar-refractivity contribution < 1.29 is 21.9 Å². The van der Waals surface area contributed by atoms with Crippen LogP contribution in [0.4, 0.5) is 0 Å². The minimum absolute atomic E-state index is 0.0135. The van der Waals surface area contributed by atoms with Crippen molar-refractivity contribution in [1.29, 1.82) is 0 Å². The van der Waals surface area contributed by atoms with Gasteiger partial charge in [0.25, 0.3) is 10.2 Å². The maximum Gasteiger partial charge on any atom is 0.282 e. The van der Waals surface area contributed by atoms with E-state index in [2.05, 4.69) is 0 Å². The van der Waals surface area contributed by atoms with Gasteiger partial charge in [-0.1, -0.05) is 0 Å². The molecular weight excluding hydrogens is 304 g/mol. The number of aliphatic hydroxyl groups is 1. The van der Waals surface area contributed by atoms with Gasteiger partial charge in [0.05, 0.1) is 11.5 Å². The summed E-state index contributed by atoms with van der Waals surface area (Å²) in [4.78, 5) is 0. The Balaban J connectivity index is 2.09. The van der Waals surface area contributed by atoms with Gasteiger partial charge >= 0.3 is 0 Å². The van der Waals surface area contributed by atoms with Crippen molar-refractivity contribution in [2.45, 2.75) is 19.3 Å². The van der Waals surface area contributed by atoms with E-state index < -0.39 is 20.0 Å². The molecule has 20 heavy (non-hydrogen) atoms. The van der Waals surface area contributed by atoms with Crippen LogP contribution in [0.3, 0.4) is 0 Å². The largest absolute Gasteiger partial charge is 0.396 e. The third-order valence-electron chi connectivity index (χ3n) is 3.91. The Morgan fingerprint density at radius 1 is 1.05 bits per heavy atom. The third kappa shape index (κ3) is 3.70. The molecule has 2 aliphatic rings. The van der Waals surface area contributed by atoms with E-state index in [1.165, 1.54) is 8.61 Å². The molecule has 2 heterocycles. The van der Waals surface area contributed by atoms with Gasteiger partial charge in [-0.05, 0) is 25.2 Å². The van der Waals surface area contributed by atoms with Gasteiger partial charge in [0.2, 0.25) is 0 Å². The molecule has 0 aliphatic carbocycles. The van der Waals surface area contributed by atoms with Crippen LogP contribution in [0.25, 0.3) is 0 Å². The summed E-state index contributed by atoms with van der Waals surface area (Å²) in [6.07, 6.45) is 1.91. The van der Waals surface area contributed by atoms with Gasteiger partial charge < -0.3 is 5.11 Å². The van der Waals surface area contributed by atoms with Crippen molar-refractivity contribution in [3.8, 4) is 0 Å². The van der Waals surface area contributed by atoms with Gasteiger partial charge in [-0.25, -0.2) is 8.42 Å². The van der Waals surface area contributed by atoms with E-state index in [0.29, 0.717) is 19.5 Å². The van der Waals surface area contributed by atoms with E-state index in [1.54, 1.807) is 0 Å². The molecular formula is C11H22N2O5S2. The van der Waals surface area contributed by atoms with Crippen LogP contribution in [-0.2, 0) is 20.0 Å². The summed E-state index contributed by atoms with van der Waals surface area (Å²) in [6.45, 7) is 1.04. The van der Waals surface area contributed by atoms with Crippen LogP contribution < -0.4 is 0 Å². The van der Waals surface area contributed by atoms with E-state index >= 15 is 0 Å². The molecule has 1 unspecified atom stereocenters. The molecule has 1 N–H and O–H groups in total. The number of rotatable bonds is 3. The van der Waals surface area contributed by atoms with Gasteiger partial charge in [0, 0.05) is 32.8 Å². The van der Waals surface area contributed by atoms with Crippen molar-refractivity contribution in [2.75, 3.05) is 44.3 Å². The smallest absolute Gasteiger partial charge is 0.282 e. The first-order valence-corrected chi connectivity index (χ1v) is 10.1. The topological polar surface area (TPSA) is 95.0 Å². The minimum atomic E-state index is -3.61. The molecule has 0 radical (unpaired) electrons. The predicted molar refractivity (Wildman–Crippen MR) is 75.1 cm³/mol. The lowest BCUT2D eigenvalue weighted by molar-refractivity contribution is 0.161. The fraction of sp³-hybridized carbons (Fsp3) is 1.00. The van der Waals surface area contributed by atoms with E-state index in [9.17, 15) is 21.9 Å². The Labute approximate surface area is 120 Å². The highest BCUT2D eigenvalue weighted by Crippen LogP contribution is 2.21. The van der Waals surface area contributed by atoms with Gasteiger partial charge in [0.1, 0.15) is 0 Å². The maximum atomic E-state index is 12.5. The number of piperidine rings is 1. The van der Waals surface area contributed by atoms with Gasteiger partial charge in [-0.3, -0.25) is 0 Å². The summed E-state index contributed by atoms with van der Waals surface area (Å²) in [7, 11) is -6.73. The van der Waals surface area contributed by atoms with Gasteiger partial charge in [0.15, 0.2) is 9.84 Å². The summed E-state index contributed by atoms with van der Waals surface area (Å²) in [5.41, 5.74) is 0. The van der Waals surface area contributed by atoms with Crippen molar-refractivity contribution in [3.63, 3.8) is 0 Å². The van der Waals surface area contributed by atoms with Crippen LogP contribution in [0.2, 0.25) is 0 Å². The highest BCUT2D eigenvalue weighted by molar-refractivity contribution is 7.91. The highest BCUT2D eigenvalue weighted by atomic mass is 32.2. The van der Waals surface area contributed by atoms with Crippen LogP contribution in [0.1, 0.15) is 19.3 Å². The van der Waals surface area contributed by atoms with Gasteiger partial charge in [-0.15, -0.1) is 0 Å². The van der Waals surface area contributed by atoms with Crippen molar-refractivity contribution >= 4 is 20.0 Å². The molecule has 2 saturated heterocycles. The first kappa shape index (κ1) is 16.2. The molecule has 0 aromatic rings. The maximum absolute atomic E-state index is 12.5. The average molecular weight is 326 g/mol. The number of nitrogens with zero attached hydrogens (tertiary/aromatic N) is 2. The van der Waals surface area contributed by atoms with Crippen LogP contribution in [0.5, 0.6) is 0 Å². The molecule has 2 rings (SSSR count). The van der Waals surface area contributed by atoms with Crippen LogP contribution in [0, 0.1) is 5.92 Å². The Kier molecular flexibility index (Phi) is 5.06. The zero-order chi connectivity index (χ0) is 14.8. The van der Waals surface area contributed by atoms with Crippen molar-refractivity contribution in [2.24, 2.45) is 5.92 Å². The molecule has 2 aliphatic heterocycles. The third-order valence-corrected chi connectivity index (χ3v) is 7.62. The summed E-state index contributed by atoms with van der Waals surface area (Å²) < 4.78 is 50.8. The Hall–Kier alpha value is -0.220. The molecule has 0 saturated carbocycles. The minimum Gasteiger partial charge on any atom is -0.396 e. The zero-order valence-electron chi connectivity index (χ0n) is 11.4. The van der Waals surface area contributed by atoms with E-state index in [4.69, 9.17) is 0 Å². The molecule has 2 fully saturated rings. The monoisotopic (exact) mass is 326 g/mol. The number of hydrogen-bond donors (Lipinski definition) is 1. The molecule has 0 aromatic carbocycles. The lowest BCUT2D eigenvalue weighted by Crippen LogP contribution is -2.49.